The second-order valence-electron chi connectivity index (χ2n) is 4.29. The summed E-state index contributed by atoms with van der Waals surface area (Å²) in [6.45, 7) is 1.01. The van der Waals surface area contributed by atoms with Gasteiger partial charge in [0.25, 0.3) is 0 Å². The number of nitrogens with one attached hydrogen (secondary N) is 2. The zero-order valence-electron chi connectivity index (χ0n) is 11.1. The van der Waals surface area contributed by atoms with Crippen molar-refractivity contribution >= 4 is 12.0 Å². The third-order valence-electron chi connectivity index (χ3n) is 2.65. The van der Waals surface area contributed by atoms with Gasteiger partial charge in [0.15, 0.2) is 0 Å². The fourth-order valence-corrected chi connectivity index (χ4v) is 1.59. The van der Waals surface area contributed by atoms with E-state index in [1.807, 2.05) is 0 Å². The predicted octanol–water partition coefficient (Wildman–Crippen LogP) is 0.848. The van der Waals surface area contributed by atoms with E-state index in [9.17, 15) is 9.59 Å². The lowest BCUT2D eigenvalue weighted by atomic mass is 10.3. The lowest BCUT2D eigenvalue weighted by molar-refractivity contribution is -0.137. The SMILES string of the molecule is CN(CCCC(=O)O)C(=O)NCCCc1ncc[nH]1. The lowest BCUT2D eigenvalue weighted by Gasteiger charge is -2.17. The topological polar surface area (TPSA) is 98.3 Å². The number of aromatic amines is 1. The maximum atomic E-state index is 11.6. The maximum Gasteiger partial charge on any atom is 0.317 e. The van der Waals surface area contributed by atoms with Crippen molar-refractivity contribution in [1.82, 2.24) is 20.2 Å². The zero-order chi connectivity index (χ0) is 14.1. The smallest absolute Gasteiger partial charge is 0.317 e. The summed E-state index contributed by atoms with van der Waals surface area (Å²) >= 11 is 0. The van der Waals surface area contributed by atoms with Crippen molar-refractivity contribution < 1.29 is 14.7 Å². The van der Waals surface area contributed by atoms with E-state index in [2.05, 4.69) is 15.3 Å². The molecule has 106 valence electrons. The largest absolute Gasteiger partial charge is 0.481 e. The van der Waals surface area contributed by atoms with Crippen molar-refractivity contribution in [1.29, 1.82) is 0 Å². The highest BCUT2D eigenvalue weighted by Crippen LogP contribution is 1.96. The average Bonchev–Trinajstić information content (AvgIpc) is 2.86. The molecule has 0 aliphatic rings. The molecule has 0 spiro atoms. The highest BCUT2D eigenvalue weighted by atomic mass is 16.4. The van der Waals surface area contributed by atoms with E-state index in [1.54, 1.807) is 19.4 Å². The first-order valence-electron chi connectivity index (χ1n) is 6.28. The molecule has 0 saturated carbocycles. The number of carboxylic acids is 1. The molecule has 2 amide bonds. The number of urea groups is 1. The number of hydrogen-bond donors (Lipinski definition) is 3. The first-order chi connectivity index (χ1) is 9.09. The normalized spacial score (nSPS) is 10.2. The van der Waals surface area contributed by atoms with E-state index in [-0.39, 0.29) is 12.5 Å². The van der Waals surface area contributed by atoms with E-state index < -0.39 is 5.97 Å². The number of carbonyl (C=O) groups excluding carboxylic acids is 1. The molecule has 1 heterocycles. The molecule has 0 unspecified atom stereocenters. The third-order valence-corrected chi connectivity index (χ3v) is 2.65. The van der Waals surface area contributed by atoms with Gasteiger partial charge in [0.2, 0.25) is 0 Å². The van der Waals surface area contributed by atoms with Gasteiger partial charge < -0.3 is 20.3 Å². The number of rotatable bonds is 8. The molecule has 7 heteroatoms. The highest BCUT2D eigenvalue weighted by molar-refractivity contribution is 5.73. The highest BCUT2D eigenvalue weighted by Gasteiger charge is 2.08. The Labute approximate surface area is 112 Å². The molecule has 0 radical (unpaired) electrons. The minimum absolute atomic E-state index is 0.0795. The van der Waals surface area contributed by atoms with Crippen molar-refractivity contribution in [2.45, 2.75) is 25.7 Å². The Balaban J connectivity index is 2.07. The van der Waals surface area contributed by atoms with Crippen LogP contribution in [0.15, 0.2) is 12.4 Å². The number of H-pyrrole nitrogens is 1. The van der Waals surface area contributed by atoms with Crippen LogP contribution in [0.1, 0.15) is 25.1 Å². The fourth-order valence-electron chi connectivity index (χ4n) is 1.59. The first-order valence-corrected chi connectivity index (χ1v) is 6.28. The first kappa shape index (κ1) is 15.0. The average molecular weight is 268 g/mol. The van der Waals surface area contributed by atoms with Crippen molar-refractivity contribution in [3.63, 3.8) is 0 Å². The summed E-state index contributed by atoms with van der Waals surface area (Å²) < 4.78 is 0. The molecular weight excluding hydrogens is 248 g/mol. The van der Waals surface area contributed by atoms with Gasteiger partial charge in [0.1, 0.15) is 5.82 Å². The number of imidazole rings is 1. The Morgan fingerprint density at radius 3 is 2.89 bits per heavy atom. The molecular formula is C12H20N4O3. The van der Waals surface area contributed by atoms with Crippen LogP contribution in [0.25, 0.3) is 0 Å². The van der Waals surface area contributed by atoms with Crippen LogP contribution in [0.5, 0.6) is 0 Å². The third kappa shape index (κ3) is 6.44. The molecule has 0 bridgehead atoms. The Morgan fingerprint density at radius 2 is 2.26 bits per heavy atom. The summed E-state index contributed by atoms with van der Waals surface area (Å²) in [4.78, 5) is 30.6. The molecule has 0 saturated heterocycles. The van der Waals surface area contributed by atoms with Gasteiger partial charge in [-0.1, -0.05) is 0 Å². The summed E-state index contributed by atoms with van der Waals surface area (Å²) in [5.74, 6) is 0.0660. The van der Waals surface area contributed by atoms with E-state index >= 15 is 0 Å². The molecule has 7 nitrogen and oxygen atoms in total. The van der Waals surface area contributed by atoms with Crippen molar-refractivity contribution in [2.24, 2.45) is 0 Å². The Morgan fingerprint density at radius 1 is 1.47 bits per heavy atom. The molecule has 0 aromatic carbocycles. The molecule has 1 aromatic heterocycles. The molecule has 0 aliphatic heterocycles. The van der Waals surface area contributed by atoms with Crippen molar-refractivity contribution in [2.75, 3.05) is 20.1 Å². The predicted molar refractivity (Wildman–Crippen MR) is 69.8 cm³/mol. The number of amides is 2. The standard InChI is InChI=1S/C12H20N4O3/c1-16(9-3-5-11(17)18)12(19)15-6-2-4-10-13-7-8-14-10/h7-8H,2-6,9H2,1H3,(H,13,14)(H,15,19)(H,17,18). The Hall–Kier alpha value is -2.05. The number of aryl methyl sites for hydroxylation is 1. The summed E-state index contributed by atoms with van der Waals surface area (Å²) in [6.07, 6.45) is 5.61. The minimum atomic E-state index is -0.841. The molecule has 3 N–H and O–H groups in total. The van der Waals surface area contributed by atoms with Crippen LogP contribution in [0.3, 0.4) is 0 Å². The van der Waals surface area contributed by atoms with Gasteiger partial charge in [-0.2, -0.15) is 0 Å². The van der Waals surface area contributed by atoms with Crippen molar-refractivity contribution in [3.05, 3.63) is 18.2 Å². The lowest BCUT2D eigenvalue weighted by Crippen LogP contribution is -2.38. The van der Waals surface area contributed by atoms with Crippen LogP contribution in [-0.4, -0.2) is 52.1 Å². The van der Waals surface area contributed by atoms with E-state index in [0.29, 0.717) is 19.5 Å². The summed E-state index contributed by atoms with van der Waals surface area (Å²) in [7, 11) is 1.66. The van der Waals surface area contributed by atoms with Gasteiger partial charge in [0.05, 0.1) is 0 Å². The van der Waals surface area contributed by atoms with E-state index in [1.165, 1.54) is 4.90 Å². The number of carbonyl (C=O) groups is 2. The quantitative estimate of drug-likeness (QED) is 0.609. The van der Waals surface area contributed by atoms with Crippen LogP contribution in [0.4, 0.5) is 4.79 Å². The Bertz CT molecular complexity index is 392. The minimum Gasteiger partial charge on any atom is -0.481 e. The van der Waals surface area contributed by atoms with E-state index in [0.717, 1.165) is 18.7 Å². The molecule has 1 rings (SSSR count). The molecule has 19 heavy (non-hydrogen) atoms. The van der Waals surface area contributed by atoms with Gasteiger partial charge in [-0.15, -0.1) is 0 Å². The zero-order valence-corrected chi connectivity index (χ0v) is 11.1. The van der Waals surface area contributed by atoms with Gasteiger partial charge in [-0.3, -0.25) is 4.79 Å². The molecule has 0 atom stereocenters. The fraction of sp³-hybridized carbons (Fsp3) is 0.583. The van der Waals surface area contributed by atoms with Crippen LogP contribution < -0.4 is 5.32 Å². The van der Waals surface area contributed by atoms with Crippen LogP contribution in [0.2, 0.25) is 0 Å². The van der Waals surface area contributed by atoms with Gasteiger partial charge in [0, 0.05) is 45.4 Å². The number of aromatic nitrogens is 2. The van der Waals surface area contributed by atoms with Gasteiger partial charge in [-0.05, 0) is 12.8 Å². The molecule has 1 aromatic rings. The second kappa shape index (κ2) is 8.12. The molecule has 0 fully saturated rings. The Kier molecular flexibility index (Phi) is 6.42. The number of aliphatic carboxylic acids is 1. The number of nitrogens with zero attached hydrogens (tertiary/aromatic N) is 2. The van der Waals surface area contributed by atoms with Crippen molar-refractivity contribution in [3.8, 4) is 0 Å². The van der Waals surface area contributed by atoms with Crippen LogP contribution in [-0.2, 0) is 11.2 Å². The summed E-state index contributed by atoms with van der Waals surface area (Å²) in [6, 6.07) is -0.176. The second-order valence-corrected chi connectivity index (χ2v) is 4.29. The summed E-state index contributed by atoms with van der Waals surface area (Å²) in [5, 5.41) is 11.3. The summed E-state index contributed by atoms with van der Waals surface area (Å²) in [5.41, 5.74) is 0. The van der Waals surface area contributed by atoms with Crippen LogP contribution >= 0.6 is 0 Å². The van der Waals surface area contributed by atoms with Gasteiger partial charge in [-0.25, -0.2) is 9.78 Å². The number of carboxylic acid groups (broad SMARTS) is 1. The monoisotopic (exact) mass is 268 g/mol. The van der Waals surface area contributed by atoms with Crippen LogP contribution in [0, 0.1) is 0 Å². The molecule has 0 aliphatic carbocycles. The van der Waals surface area contributed by atoms with Gasteiger partial charge >= 0.3 is 12.0 Å². The number of hydrogen-bond acceptors (Lipinski definition) is 3. The van der Waals surface area contributed by atoms with E-state index in [4.69, 9.17) is 5.11 Å². The maximum absolute atomic E-state index is 11.6.